The minimum Gasteiger partial charge on any atom is -0.359 e. The van der Waals surface area contributed by atoms with Crippen LogP contribution in [0.3, 0.4) is 0 Å². The average molecular weight is 378 g/mol. The van der Waals surface area contributed by atoms with Crippen LogP contribution in [0.2, 0.25) is 0 Å². The van der Waals surface area contributed by atoms with E-state index in [-0.39, 0.29) is 5.92 Å². The Hall–Kier alpha value is -1.30. The maximum atomic E-state index is 10.6. The first-order valence-electron chi connectivity index (χ1n) is 6.89. The van der Waals surface area contributed by atoms with Gasteiger partial charge in [-0.05, 0) is 36.1 Å². The zero-order chi connectivity index (χ0) is 15.7. The Kier molecular flexibility index (Phi) is 4.30. The highest BCUT2D eigenvalue weighted by Crippen LogP contribution is 2.38. The molecule has 0 saturated heterocycles. The Balaban J connectivity index is 2.00. The van der Waals surface area contributed by atoms with Crippen LogP contribution >= 0.6 is 27.7 Å². The largest absolute Gasteiger partial charge is 0.359 e. The second-order valence-electron chi connectivity index (χ2n) is 5.34. The molecule has 0 bridgehead atoms. The molecular weight excluding hydrogens is 362 g/mol. The number of oxime groups is 1. The van der Waals surface area contributed by atoms with Crippen molar-refractivity contribution < 1.29 is 9.94 Å². The summed E-state index contributed by atoms with van der Waals surface area (Å²) in [5.74, 6) is -1.66. The molecule has 5 heteroatoms. The smallest absolute Gasteiger partial charge is 0.244 e. The number of aliphatic hydroxyl groups is 1. The van der Waals surface area contributed by atoms with Crippen molar-refractivity contribution in [2.75, 3.05) is 6.26 Å². The first-order chi connectivity index (χ1) is 10.5. The summed E-state index contributed by atoms with van der Waals surface area (Å²) in [7, 11) is 0. The van der Waals surface area contributed by atoms with Crippen molar-refractivity contribution in [1.82, 2.24) is 0 Å². The molecule has 1 heterocycles. The highest BCUT2D eigenvalue weighted by Gasteiger charge is 2.45. The zero-order valence-corrected chi connectivity index (χ0v) is 14.7. The maximum Gasteiger partial charge on any atom is 0.244 e. The van der Waals surface area contributed by atoms with Crippen LogP contribution in [0.25, 0.3) is 0 Å². The summed E-state index contributed by atoms with van der Waals surface area (Å²) in [6, 6.07) is 16.0. The van der Waals surface area contributed by atoms with Crippen LogP contribution in [0.1, 0.15) is 24.0 Å². The predicted molar refractivity (Wildman–Crippen MR) is 93.4 cm³/mol. The predicted octanol–water partition coefficient (Wildman–Crippen LogP) is 4.40. The van der Waals surface area contributed by atoms with E-state index in [1.165, 1.54) is 4.90 Å². The molecule has 0 radical (unpaired) electrons. The van der Waals surface area contributed by atoms with E-state index in [9.17, 15) is 5.11 Å². The SMILES string of the molecule is CSc1ccc(C2=NOC(C)(O)C2c2ccc(Br)cc2)cc1. The fraction of sp³-hybridized carbons (Fsp3) is 0.235. The average Bonchev–Trinajstić information content (AvgIpc) is 2.84. The van der Waals surface area contributed by atoms with Crippen LogP contribution < -0.4 is 0 Å². The third-order valence-corrected chi connectivity index (χ3v) is 5.00. The maximum absolute atomic E-state index is 10.6. The summed E-state index contributed by atoms with van der Waals surface area (Å²) < 4.78 is 0.998. The Morgan fingerprint density at radius 3 is 2.36 bits per heavy atom. The van der Waals surface area contributed by atoms with Gasteiger partial charge in [-0.25, -0.2) is 0 Å². The van der Waals surface area contributed by atoms with E-state index in [1.807, 2.05) is 54.8 Å². The Bertz CT molecular complexity index is 696. The third kappa shape index (κ3) is 2.93. The van der Waals surface area contributed by atoms with Gasteiger partial charge in [0.15, 0.2) is 0 Å². The lowest BCUT2D eigenvalue weighted by Crippen LogP contribution is -2.34. The van der Waals surface area contributed by atoms with E-state index >= 15 is 0 Å². The summed E-state index contributed by atoms with van der Waals surface area (Å²) in [4.78, 5) is 6.48. The van der Waals surface area contributed by atoms with Crippen LogP contribution in [0.15, 0.2) is 63.1 Å². The summed E-state index contributed by atoms with van der Waals surface area (Å²) in [6.07, 6.45) is 2.04. The van der Waals surface area contributed by atoms with Gasteiger partial charge in [0.2, 0.25) is 5.79 Å². The van der Waals surface area contributed by atoms with Gasteiger partial charge in [0.25, 0.3) is 0 Å². The monoisotopic (exact) mass is 377 g/mol. The standard InChI is InChI=1S/C17H16BrNO2S/c1-17(20)15(11-3-7-13(18)8-4-11)16(19-21-17)12-5-9-14(22-2)10-6-12/h3-10,15,20H,1-2H3. The van der Waals surface area contributed by atoms with Gasteiger partial charge in [0.05, 0.1) is 5.92 Å². The molecule has 3 nitrogen and oxygen atoms in total. The quantitative estimate of drug-likeness (QED) is 0.806. The highest BCUT2D eigenvalue weighted by molar-refractivity contribution is 9.10. The molecule has 2 atom stereocenters. The molecule has 2 unspecified atom stereocenters. The van der Waals surface area contributed by atoms with Crippen molar-refractivity contribution in [3.63, 3.8) is 0 Å². The molecule has 0 saturated carbocycles. The lowest BCUT2D eigenvalue weighted by atomic mass is 9.85. The molecule has 1 aliphatic rings. The van der Waals surface area contributed by atoms with Gasteiger partial charge >= 0.3 is 0 Å². The molecule has 0 aliphatic carbocycles. The van der Waals surface area contributed by atoms with E-state index in [2.05, 4.69) is 21.1 Å². The number of hydrogen-bond acceptors (Lipinski definition) is 4. The summed E-state index contributed by atoms with van der Waals surface area (Å²) >= 11 is 5.13. The molecule has 1 aliphatic heterocycles. The number of hydrogen-bond donors (Lipinski definition) is 1. The fourth-order valence-corrected chi connectivity index (χ4v) is 3.28. The molecule has 0 spiro atoms. The first kappa shape index (κ1) is 15.6. The molecule has 3 rings (SSSR count). The minimum atomic E-state index is -1.35. The minimum absolute atomic E-state index is 0.319. The molecule has 114 valence electrons. The van der Waals surface area contributed by atoms with E-state index < -0.39 is 5.79 Å². The van der Waals surface area contributed by atoms with Crippen LogP contribution in [0, 0.1) is 0 Å². The second kappa shape index (κ2) is 6.07. The molecule has 0 fully saturated rings. The number of rotatable bonds is 3. The van der Waals surface area contributed by atoms with Crippen molar-refractivity contribution in [3.05, 3.63) is 64.1 Å². The first-order valence-corrected chi connectivity index (χ1v) is 8.91. The van der Waals surface area contributed by atoms with E-state index in [1.54, 1.807) is 18.7 Å². The van der Waals surface area contributed by atoms with Crippen LogP contribution in [0.4, 0.5) is 0 Å². The van der Waals surface area contributed by atoms with Gasteiger partial charge < -0.3 is 9.94 Å². The number of nitrogens with zero attached hydrogens (tertiary/aromatic N) is 1. The van der Waals surface area contributed by atoms with Gasteiger partial charge in [-0.15, -0.1) is 11.8 Å². The Labute approximate surface area is 142 Å². The third-order valence-electron chi connectivity index (χ3n) is 3.73. The molecule has 1 N–H and O–H groups in total. The molecule has 0 aromatic heterocycles. The number of thioether (sulfide) groups is 1. The molecule has 0 amide bonds. The lowest BCUT2D eigenvalue weighted by molar-refractivity contribution is -0.179. The Morgan fingerprint density at radius 2 is 1.77 bits per heavy atom. The summed E-state index contributed by atoms with van der Waals surface area (Å²) in [5.41, 5.74) is 2.68. The van der Waals surface area contributed by atoms with Crippen LogP contribution in [-0.2, 0) is 4.84 Å². The van der Waals surface area contributed by atoms with Crippen molar-refractivity contribution in [2.24, 2.45) is 5.16 Å². The van der Waals surface area contributed by atoms with E-state index in [0.717, 1.165) is 21.3 Å². The van der Waals surface area contributed by atoms with Crippen molar-refractivity contribution >= 4 is 33.4 Å². The van der Waals surface area contributed by atoms with Gasteiger partial charge in [0, 0.05) is 21.9 Å². The highest BCUT2D eigenvalue weighted by atomic mass is 79.9. The van der Waals surface area contributed by atoms with E-state index in [4.69, 9.17) is 4.84 Å². The number of benzene rings is 2. The van der Waals surface area contributed by atoms with Crippen molar-refractivity contribution in [3.8, 4) is 0 Å². The lowest BCUT2D eigenvalue weighted by Gasteiger charge is -2.24. The normalized spacial score (nSPS) is 24.0. The summed E-state index contributed by atoms with van der Waals surface area (Å²) in [5, 5.41) is 14.7. The van der Waals surface area contributed by atoms with Gasteiger partial charge in [-0.3, -0.25) is 0 Å². The van der Waals surface area contributed by atoms with Crippen molar-refractivity contribution in [2.45, 2.75) is 23.5 Å². The van der Waals surface area contributed by atoms with E-state index in [0.29, 0.717) is 0 Å². The molecular formula is C17H16BrNO2S. The zero-order valence-electron chi connectivity index (χ0n) is 12.3. The van der Waals surface area contributed by atoms with Crippen molar-refractivity contribution in [1.29, 1.82) is 0 Å². The van der Waals surface area contributed by atoms with Crippen LogP contribution in [-0.4, -0.2) is 22.9 Å². The fourth-order valence-electron chi connectivity index (χ4n) is 2.60. The Morgan fingerprint density at radius 1 is 1.14 bits per heavy atom. The topological polar surface area (TPSA) is 41.8 Å². The van der Waals surface area contributed by atoms with Crippen LogP contribution in [0.5, 0.6) is 0 Å². The van der Waals surface area contributed by atoms with Gasteiger partial charge in [0.1, 0.15) is 5.71 Å². The molecule has 2 aromatic rings. The van der Waals surface area contributed by atoms with Gasteiger partial charge in [-0.1, -0.05) is 45.4 Å². The molecule has 22 heavy (non-hydrogen) atoms. The van der Waals surface area contributed by atoms with Gasteiger partial charge in [-0.2, -0.15) is 0 Å². The second-order valence-corrected chi connectivity index (χ2v) is 7.13. The molecule has 2 aromatic carbocycles. The summed E-state index contributed by atoms with van der Waals surface area (Å²) in [6.45, 7) is 1.65. The number of halogens is 1.